The van der Waals surface area contributed by atoms with Crippen molar-refractivity contribution < 1.29 is 24.6 Å². The molecule has 0 aliphatic rings. The minimum absolute atomic E-state index is 0.173. The first-order valence-electron chi connectivity index (χ1n) is 5.37. The Morgan fingerprint density at radius 1 is 1.22 bits per heavy atom. The summed E-state index contributed by atoms with van der Waals surface area (Å²) in [6, 6.07) is -0.690. The number of amides is 1. The van der Waals surface area contributed by atoms with Crippen LogP contribution in [0.1, 0.15) is 20.3 Å². The highest BCUT2D eigenvalue weighted by molar-refractivity contribution is 5.82. The number of hydrogen-bond donors (Lipinski definition) is 5. The van der Waals surface area contributed by atoms with Gasteiger partial charge in [-0.05, 0) is 12.3 Å². The molecule has 0 saturated heterocycles. The highest BCUT2D eigenvalue weighted by atomic mass is 16.4. The second-order valence-corrected chi connectivity index (χ2v) is 3.95. The molecule has 0 aliphatic heterocycles. The van der Waals surface area contributed by atoms with Crippen molar-refractivity contribution in [1.29, 1.82) is 0 Å². The first kappa shape index (κ1) is 18.7. The van der Waals surface area contributed by atoms with E-state index in [9.17, 15) is 14.4 Å². The zero-order valence-electron chi connectivity index (χ0n) is 10.5. The Kier molecular flexibility index (Phi) is 10.9. The molecule has 8 nitrogen and oxygen atoms in total. The van der Waals surface area contributed by atoms with E-state index in [-0.39, 0.29) is 13.1 Å². The van der Waals surface area contributed by atoms with Crippen LogP contribution in [0, 0.1) is 5.92 Å². The lowest BCUT2D eigenvalue weighted by atomic mass is 10.1. The Morgan fingerprint density at radius 3 is 1.94 bits per heavy atom. The van der Waals surface area contributed by atoms with Gasteiger partial charge < -0.3 is 27.0 Å². The summed E-state index contributed by atoms with van der Waals surface area (Å²) in [5.74, 6) is -2.09. The van der Waals surface area contributed by atoms with Crippen LogP contribution in [0.2, 0.25) is 0 Å². The Bertz CT molecular complexity index is 281. The van der Waals surface area contributed by atoms with Gasteiger partial charge in [-0.2, -0.15) is 0 Å². The van der Waals surface area contributed by atoms with E-state index in [0.717, 1.165) is 0 Å². The Balaban J connectivity index is 0. The lowest BCUT2D eigenvalue weighted by molar-refractivity contribution is -0.139. The van der Waals surface area contributed by atoms with Crippen molar-refractivity contribution in [2.75, 3.05) is 13.1 Å². The van der Waals surface area contributed by atoms with Crippen molar-refractivity contribution in [3.8, 4) is 0 Å². The van der Waals surface area contributed by atoms with Gasteiger partial charge in [0.25, 0.3) is 0 Å². The van der Waals surface area contributed by atoms with Gasteiger partial charge in [0.05, 0.1) is 6.54 Å². The largest absolute Gasteiger partial charge is 0.480 e. The first-order valence-corrected chi connectivity index (χ1v) is 5.37. The topological polar surface area (TPSA) is 156 Å². The zero-order valence-corrected chi connectivity index (χ0v) is 10.5. The average Bonchev–Trinajstić information content (AvgIpc) is 2.25. The van der Waals surface area contributed by atoms with E-state index in [0.29, 0.717) is 12.3 Å². The van der Waals surface area contributed by atoms with E-state index in [2.05, 4.69) is 5.32 Å². The number of carbonyl (C=O) groups is 3. The van der Waals surface area contributed by atoms with Crippen molar-refractivity contribution in [3.63, 3.8) is 0 Å². The van der Waals surface area contributed by atoms with Crippen molar-refractivity contribution in [3.05, 3.63) is 0 Å². The molecule has 7 N–H and O–H groups in total. The van der Waals surface area contributed by atoms with Crippen molar-refractivity contribution in [2.24, 2.45) is 17.4 Å². The minimum Gasteiger partial charge on any atom is -0.480 e. The highest BCUT2D eigenvalue weighted by Crippen LogP contribution is 2.01. The highest BCUT2D eigenvalue weighted by Gasteiger charge is 2.11. The molecular weight excluding hydrogens is 242 g/mol. The monoisotopic (exact) mass is 263 g/mol. The molecule has 0 aromatic carbocycles. The van der Waals surface area contributed by atoms with Crippen LogP contribution < -0.4 is 16.8 Å². The summed E-state index contributed by atoms with van der Waals surface area (Å²) in [5.41, 5.74) is 10.1. The van der Waals surface area contributed by atoms with E-state index in [1.54, 1.807) is 0 Å². The molecule has 0 radical (unpaired) electrons. The van der Waals surface area contributed by atoms with Gasteiger partial charge in [0.1, 0.15) is 12.6 Å². The van der Waals surface area contributed by atoms with E-state index >= 15 is 0 Å². The molecule has 0 rings (SSSR count). The quantitative estimate of drug-likeness (QED) is 0.394. The normalized spacial score (nSPS) is 11.2. The average molecular weight is 263 g/mol. The standard InChI is InChI=1S/C6H13NO2.C4H8N2O3/c1-4(2)3-5(7)6(8)9;5-1-3(7)6-2-4(8)9/h4-5H,3,7H2,1-2H3,(H,8,9);1-2,5H2,(H,6,7)(H,8,9)/t5-;/m0./s1. The van der Waals surface area contributed by atoms with Gasteiger partial charge in [-0.1, -0.05) is 13.8 Å². The van der Waals surface area contributed by atoms with E-state index < -0.39 is 23.9 Å². The Morgan fingerprint density at radius 2 is 1.72 bits per heavy atom. The molecule has 0 aromatic heterocycles. The second kappa shape index (κ2) is 10.5. The number of carboxylic acid groups (broad SMARTS) is 2. The fraction of sp³-hybridized carbons (Fsp3) is 0.700. The SMILES string of the molecule is CC(C)C[C@H](N)C(=O)O.NCC(=O)NCC(=O)O. The molecule has 0 bridgehead atoms. The Labute approximate surface area is 105 Å². The number of carbonyl (C=O) groups excluding carboxylic acids is 1. The summed E-state index contributed by atoms with van der Waals surface area (Å²) in [6.45, 7) is 3.36. The molecule has 18 heavy (non-hydrogen) atoms. The fourth-order valence-corrected chi connectivity index (χ4v) is 0.855. The molecule has 0 aromatic rings. The van der Waals surface area contributed by atoms with E-state index in [1.165, 1.54) is 0 Å². The number of nitrogens with one attached hydrogen (secondary N) is 1. The van der Waals surface area contributed by atoms with Crippen LogP contribution in [0.3, 0.4) is 0 Å². The third kappa shape index (κ3) is 14.3. The van der Waals surface area contributed by atoms with Crippen LogP contribution in [0.4, 0.5) is 0 Å². The molecule has 0 fully saturated rings. The van der Waals surface area contributed by atoms with Crippen LogP contribution in [0.25, 0.3) is 0 Å². The minimum atomic E-state index is -1.07. The maximum atomic E-state index is 10.2. The van der Waals surface area contributed by atoms with Crippen molar-refractivity contribution >= 4 is 17.8 Å². The maximum absolute atomic E-state index is 10.2. The van der Waals surface area contributed by atoms with Crippen LogP contribution in [-0.2, 0) is 14.4 Å². The summed E-state index contributed by atoms with van der Waals surface area (Å²) < 4.78 is 0. The second-order valence-electron chi connectivity index (χ2n) is 3.95. The molecule has 0 heterocycles. The van der Waals surface area contributed by atoms with Gasteiger partial charge in [-0.15, -0.1) is 0 Å². The lowest BCUT2D eigenvalue weighted by Gasteiger charge is -2.07. The molecule has 1 atom stereocenters. The summed E-state index contributed by atoms with van der Waals surface area (Å²) in [7, 11) is 0. The zero-order chi connectivity index (χ0) is 14.7. The number of carboxylic acids is 2. The van der Waals surface area contributed by atoms with Gasteiger partial charge in [0, 0.05) is 0 Å². The first-order chi connectivity index (χ1) is 8.20. The van der Waals surface area contributed by atoms with Gasteiger partial charge in [0.2, 0.25) is 5.91 Å². The van der Waals surface area contributed by atoms with Crippen LogP contribution in [0.15, 0.2) is 0 Å². The molecule has 0 spiro atoms. The number of aliphatic carboxylic acids is 2. The van der Waals surface area contributed by atoms with Crippen molar-refractivity contribution in [1.82, 2.24) is 5.32 Å². The molecule has 106 valence electrons. The van der Waals surface area contributed by atoms with Crippen molar-refractivity contribution in [2.45, 2.75) is 26.3 Å². The van der Waals surface area contributed by atoms with Crippen LogP contribution in [0.5, 0.6) is 0 Å². The lowest BCUT2D eigenvalue weighted by Crippen LogP contribution is -2.34. The third-order valence-corrected chi connectivity index (χ3v) is 1.66. The molecular formula is C10H21N3O5. The van der Waals surface area contributed by atoms with Gasteiger partial charge >= 0.3 is 11.9 Å². The summed E-state index contributed by atoms with van der Waals surface area (Å²) in [6.07, 6.45) is 0.551. The van der Waals surface area contributed by atoms with Gasteiger partial charge in [-0.25, -0.2) is 0 Å². The van der Waals surface area contributed by atoms with E-state index in [1.807, 2.05) is 13.8 Å². The number of nitrogens with two attached hydrogens (primary N) is 2. The molecule has 1 amide bonds. The van der Waals surface area contributed by atoms with Crippen LogP contribution >= 0.6 is 0 Å². The molecule has 8 heteroatoms. The van der Waals surface area contributed by atoms with Gasteiger partial charge in [-0.3, -0.25) is 14.4 Å². The maximum Gasteiger partial charge on any atom is 0.322 e. The predicted octanol–water partition coefficient (Wildman–Crippen LogP) is -1.41. The Hall–Kier alpha value is -1.67. The van der Waals surface area contributed by atoms with Crippen LogP contribution in [-0.4, -0.2) is 47.2 Å². The number of rotatable bonds is 6. The summed E-state index contributed by atoms with van der Waals surface area (Å²) in [4.78, 5) is 30.1. The summed E-state index contributed by atoms with van der Waals surface area (Å²) >= 11 is 0. The molecule has 0 unspecified atom stereocenters. The summed E-state index contributed by atoms with van der Waals surface area (Å²) in [5, 5.41) is 18.4. The van der Waals surface area contributed by atoms with E-state index in [4.69, 9.17) is 21.7 Å². The predicted molar refractivity (Wildman–Crippen MR) is 64.8 cm³/mol. The molecule has 0 aliphatic carbocycles. The fourth-order valence-electron chi connectivity index (χ4n) is 0.855. The number of hydrogen-bond acceptors (Lipinski definition) is 5. The molecule has 0 saturated carbocycles. The third-order valence-electron chi connectivity index (χ3n) is 1.66. The van der Waals surface area contributed by atoms with Gasteiger partial charge in [0.15, 0.2) is 0 Å². The smallest absolute Gasteiger partial charge is 0.322 e.